The largest absolute Gasteiger partial charge is 0.508 e. The molecule has 13 rings (SSSR count). The number of aryl methyl sites for hydroxylation is 1. The van der Waals surface area contributed by atoms with Crippen LogP contribution >= 0.6 is 21.6 Å². The normalized spacial score (nSPS) is 19.7. The second kappa shape index (κ2) is 26.9. The molecule has 23 heteroatoms. The van der Waals surface area contributed by atoms with E-state index in [9.17, 15) is 30.3 Å². The molecule has 3 aliphatic carbocycles. The number of ether oxygens (including phenoxy) is 1. The van der Waals surface area contributed by atoms with Crippen molar-refractivity contribution in [1.82, 2.24) is 40.2 Å². The van der Waals surface area contributed by atoms with E-state index in [1.54, 1.807) is 72.8 Å². The molecule has 5 aliphatic rings. The maximum atomic E-state index is 17.1. The van der Waals surface area contributed by atoms with Crippen molar-refractivity contribution in [2.45, 2.75) is 76.0 Å². The van der Waals surface area contributed by atoms with Gasteiger partial charge in [0.25, 0.3) is 0 Å². The summed E-state index contributed by atoms with van der Waals surface area (Å²) in [6, 6.07) is 26.4. The number of aromatic nitrogens is 7. The number of nitrogens with one attached hydrogen (secondary N) is 4. The Balaban J connectivity index is 0.697. The number of anilines is 1. The maximum absolute atomic E-state index is 17.1. The summed E-state index contributed by atoms with van der Waals surface area (Å²) in [6.07, 6.45) is 12.9. The molecule has 0 spiro atoms. The number of H-pyrrole nitrogens is 2. The van der Waals surface area contributed by atoms with Crippen LogP contribution in [0.3, 0.4) is 0 Å². The monoisotopic (exact) mass is 1290 g/mol. The predicted octanol–water partition coefficient (Wildman–Crippen LogP) is 13.4. The third-order valence-corrected chi connectivity index (χ3v) is 20.7. The van der Waals surface area contributed by atoms with Gasteiger partial charge in [0.2, 0.25) is 0 Å². The molecule has 8 aromatic rings. The number of fused-ring (bicyclic) bond motifs is 10. The van der Waals surface area contributed by atoms with Crippen molar-refractivity contribution >= 4 is 79.7 Å². The number of alkyl carbamates (subject to hydrolysis) is 1. The van der Waals surface area contributed by atoms with Crippen LogP contribution in [0.5, 0.6) is 17.2 Å². The van der Waals surface area contributed by atoms with Crippen LogP contribution in [0.1, 0.15) is 85.2 Å². The number of phenolic OH excluding ortho intramolecular Hbond substituents is 3. The molecule has 1 amide bonds. The van der Waals surface area contributed by atoms with Gasteiger partial charge in [-0.2, -0.15) is 0 Å². The van der Waals surface area contributed by atoms with E-state index in [4.69, 9.17) is 20.4 Å². The molecule has 0 saturated heterocycles. The molecular weight excluding hydrogens is 1220 g/mol. The van der Waals surface area contributed by atoms with Crippen molar-refractivity contribution in [2.75, 3.05) is 43.1 Å². The lowest BCUT2D eigenvalue weighted by atomic mass is 9.83. The number of carbonyl (C=O) groups is 1. The zero-order valence-corrected chi connectivity index (χ0v) is 51.5. The molecule has 0 radical (unpaired) electrons. The fraction of sp³-hybridized carbons (Fsp3) is 0.319. The first kappa shape index (κ1) is 62.2. The summed E-state index contributed by atoms with van der Waals surface area (Å²) >= 11 is 0. The number of phenols is 3. The number of aromatic amines is 2. The summed E-state index contributed by atoms with van der Waals surface area (Å²) in [7, 11) is 2.74. The van der Waals surface area contributed by atoms with Crippen LogP contribution in [0.15, 0.2) is 97.1 Å². The molecule has 6 heterocycles. The van der Waals surface area contributed by atoms with E-state index in [-0.39, 0.29) is 89.1 Å². The molecule has 2 saturated carbocycles. The van der Waals surface area contributed by atoms with E-state index >= 15 is 17.6 Å². The standard InChI is InChI=1S/C69H68F4N10O7S2/c70-64-63(65(71)67(73)68(66(64)72)75-25-27-91-92-28-26-76-69(89)90-35-47-45-13-15-48-57(24-14-46(45)47)83(82-81-48)41-9-1-5-36(58(88)34-84)29-40(74)33-41)62-55-22-20-53(79-55)60(38-7-3-11-43(86)31-38)51-18-16-49(77-51)59(37-6-2-10-42(85)30-37)50-17-19-52(78-50)61(54-21-23-56(62)80-54)39-8-4-12-44(87)32-39/h2-4,6-8,10-12,16-23,30-32,36,40-41,45-47,58,75,77,80,84-88H,1,5,9,13-15,24-29,33-35,74H2,(H,76,89)/t36?,40?,41?,45-,46+,47+,58?/m0/s1. The van der Waals surface area contributed by atoms with Gasteiger partial charge in [-0.15, -0.1) is 5.10 Å². The molecule has 2 aliphatic heterocycles. The van der Waals surface area contributed by atoms with Gasteiger partial charge in [0.05, 0.1) is 65.1 Å². The predicted molar refractivity (Wildman–Crippen MR) is 352 cm³/mol. The molecule has 4 aromatic heterocycles. The summed E-state index contributed by atoms with van der Waals surface area (Å²) in [4.78, 5) is 29.7. The lowest BCUT2D eigenvalue weighted by Crippen LogP contribution is -2.35. The molecule has 476 valence electrons. The van der Waals surface area contributed by atoms with Gasteiger partial charge in [-0.25, -0.2) is 37.0 Å². The van der Waals surface area contributed by atoms with Crippen molar-refractivity contribution in [3.05, 3.63) is 154 Å². The van der Waals surface area contributed by atoms with Crippen LogP contribution in [0.25, 0.3) is 90.9 Å². The quantitative estimate of drug-likeness (QED) is 0.0176. The van der Waals surface area contributed by atoms with Crippen molar-refractivity contribution in [1.29, 1.82) is 0 Å². The van der Waals surface area contributed by atoms with Crippen molar-refractivity contribution < 1.29 is 52.6 Å². The van der Waals surface area contributed by atoms with Gasteiger partial charge in [0.15, 0.2) is 23.3 Å². The second-order valence-corrected chi connectivity index (χ2v) is 26.8. The molecule has 4 unspecified atom stereocenters. The number of hydrogen-bond acceptors (Lipinski definition) is 15. The topological polar surface area (TPSA) is 266 Å². The minimum absolute atomic E-state index is 0.0161. The average Bonchev–Trinajstić information content (AvgIpc) is 1.77. The highest BCUT2D eigenvalue weighted by molar-refractivity contribution is 8.76. The highest BCUT2D eigenvalue weighted by Crippen LogP contribution is 2.53. The van der Waals surface area contributed by atoms with Gasteiger partial charge in [0.1, 0.15) is 22.9 Å². The molecule has 7 atom stereocenters. The van der Waals surface area contributed by atoms with Crippen LogP contribution in [-0.4, -0.2) is 117 Å². The van der Waals surface area contributed by atoms with Gasteiger partial charge in [-0.1, -0.05) is 69.6 Å². The first-order chi connectivity index (χ1) is 44.7. The Labute approximate surface area is 534 Å². The van der Waals surface area contributed by atoms with E-state index in [1.165, 1.54) is 58.0 Å². The number of amides is 1. The Kier molecular flexibility index (Phi) is 18.2. The molecule has 4 aromatic carbocycles. The first-order valence-corrected chi connectivity index (χ1v) is 33.5. The Hall–Kier alpha value is -8.61. The van der Waals surface area contributed by atoms with Crippen molar-refractivity contribution in [2.24, 2.45) is 29.4 Å². The molecule has 17 nitrogen and oxygen atoms in total. The SMILES string of the molecule is NC1CC(C(O)CO)CCCC(n2nnc3c2CC[C@@H]2[C@H](CC3)[C@H]2COC(=O)NCCSSCCNc2c(F)c(F)c(-c3c4nc(c(-c5cccc(O)c5)c5ccc([nH]5)c(-c5cccc(O)c5)c5nc(c(-c6cccc(O)c6)c6ccc3[nH]6)C=C5)C=C4)c(F)c2F)C1. The van der Waals surface area contributed by atoms with Gasteiger partial charge >= 0.3 is 6.09 Å². The Morgan fingerprint density at radius 3 is 1.70 bits per heavy atom. The van der Waals surface area contributed by atoms with Crippen molar-refractivity contribution in [3.63, 3.8) is 0 Å². The summed E-state index contributed by atoms with van der Waals surface area (Å²) in [5.74, 6) is -4.89. The van der Waals surface area contributed by atoms with Gasteiger partial charge < -0.3 is 56.6 Å². The van der Waals surface area contributed by atoms with Crippen LogP contribution in [0.4, 0.5) is 28.0 Å². The summed E-state index contributed by atoms with van der Waals surface area (Å²) < 4.78 is 75.1. The number of aliphatic hydroxyl groups is 2. The van der Waals surface area contributed by atoms with Gasteiger partial charge in [-0.3, -0.25) is 0 Å². The number of benzene rings is 4. The Morgan fingerprint density at radius 2 is 1.16 bits per heavy atom. The first-order valence-electron chi connectivity index (χ1n) is 31.0. The smallest absolute Gasteiger partial charge is 0.407 e. The Morgan fingerprint density at radius 1 is 0.652 bits per heavy atom. The number of halogens is 4. The third kappa shape index (κ3) is 12.8. The minimum Gasteiger partial charge on any atom is -0.508 e. The molecule has 11 N–H and O–H groups in total. The number of carbonyl (C=O) groups excluding carboxylic acids is 1. The zero-order valence-electron chi connectivity index (χ0n) is 49.9. The summed E-state index contributed by atoms with van der Waals surface area (Å²) in [6.45, 7) is 0.262. The van der Waals surface area contributed by atoms with E-state index in [0.717, 1.165) is 62.8 Å². The van der Waals surface area contributed by atoms with Crippen LogP contribution < -0.4 is 16.4 Å². The molecule has 8 bridgehead atoms. The van der Waals surface area contributed by atoms with Crippen LogP contribution in [0, 0.1) is 46.9 Å². The summed E-state index contributed by atoms with van der Waals surface area (Å²) in [5.41, 5.74) is 12.2. The van der Waals surface area contributed by atoms with E-state index < -0.39 is 46.7 Å². The highest BCUT2D eigenvalue weighted by Gasteiger charge is 2.50. The van der Waals surface area contributed by atoms with E-state index in [0.29, 0.717) is 91.9 Å². The zero-order chi connectivity index (χ0) is 63.7. The second-order valence-electron chi connectivity index (χ2n) is 24.1. The number of nitrogens with zero attached hydrogens (tertiary/aromatic N) is 5. The number of rotatable bonds is 17. The molecular formula is C69H68F4N10O7S2. The lowest BCUT2D eigenvalue weighted by molar-refractivity contribution is 0.0323. The number of nitrogens with two attached hydrogens (primary N) is 1. The fourth-order valence-electron chi connectivity index (χ4n) is 13.9. The number of hydrogen-bond donors (Lipinski definition) is 10. The van der Waals surface area contributed by atoms with E-state index in [1.807, 2.05) is 12.1 Å². The van der Waals surface area contributed by atoms with Crippen LogP contribution in [-0.2, 0) is 17.6 Å². The maximum Gasteiger partial charge on any atom is 0.407 e. The molecule has 92 heavy (non-hydrogen) atoms. The number of aromatic hydroxyl groups is 3. The van der Waals surface area contributed by atoms with Crippen LogP contribution in [0.2, 0.25) is 0 Å². The van der Waals surface area contributed by atoms with Gasteiger partial charge in [0, 0.05) is 75.0 Å². The lowest BCUT2D eigenvalue weighted by Gasteiger charge is -2.31. The summed E-state index contributed by atoms with van der Waals surface area (Å²) in [5, 5.41) is 66.6. The minimum atomic E-state index is -1.67. The highest BCUT2D eigenvalue weighted by atomic mass is 33.1. The number of aliphatic hydroxyl groups excluding tert-OH is 2. The van der Waals surface area contributed by atoms with Crippen molar-refractivity contribution in [3.8, 4) is 61.8 Å². The molecule has 2 fully saturated rings. The average molecular weight is 1290 g/mol. The van der Waals surface area contributed by atoms with Gasteiger partial charge in [-0.05, 0) is 177 Å². The third-order valence-electron chi connectivity index (χ3n) is 18.3. The Bertz CT molecular complexity index is 4290. The van der Waals surface area contributed by atoms with E-state index in [2.05, 4.69) is 35.6 Å². The fourth-order valence-corrected chi connectivity index (χ4v) is 15.7.